The smallest absolute Gasteiger partial charge is 0.243 e. The number of unbranched alkanes of at least 4 members (excludes halogenated alkanes) is 3. The van der Waals surface area contributed by atoms with Crippen LogP contribution in [0.15, 0.2) is 102 Å². The Morgan fingerprint density at radius 2 is 1.54 bits per heavy atom. The van der Waals surface area contributed by atoms with Crippen LogP contribution in [0.2, 0.25) is 0 Å². The van der Waals surface area contributed by atoms with Crippen LogP contribution in [0.25, 0.3) is 11.1 Å². The van der Waals surface area contributed by atoms with Crippen LogP contribution in [0.3, 0.4) is 0 Å². The summed E-state index contributed by atoms with van der Waals surface area (Å²) in [6.07, 6.45) is 5.64. The number of rotatable bonds is 16. The number of nitrogens with one attached hydrogen (secondary N) is 2. The van der Waals surface area contributed by atoms with Crippen LogP contribution in [0.5, 0.6) is 0 Å². The van der Waals surface area contributed by atoms with Gasteiger partial charge in [-0.1, -0.05) is 85.6 Å². The molecule has 0 spiro atoms. The summed E-state index contributed by atoms with van der Waals surface area (Å²) in [5, 5.41) is 22.0. The first kappa shape index (κ1) is 35.3. The van der Waals surface area contributed by atoms with Crippen molar-refractivity contribution < 1.29 is 29.4 Å². The van der Waals surface area contributed by atoms with Crippen molar-refractivity contribution in [2.24, 2.45) is 0 Å². The van der Waals surface area contributed by atoms with Gasteiger partial charge in [0.1, 0.15) is 0 Å². The molecule has 3 aromatic carbocycles. The predicted octanol–water partition coefficient (Wildman–Crippen LogP) is 7.04. The molecule has 3 unspecified atom stereocenters. The molecule has 9 nitrogen and oxygen atoms in total. The fourth-order valence-electron chi connectivity index (χ4n) is 5.60. The number of nitrogens with zero attached hydrogens (tertiary/aromatic N) is 1. The lowest BCUT2D eigenvalue weighted by molar-refractivity contribution is -0.245. The summed E-state index contributed by atoms with van der Waals surface area (Å²) in [7, 11) is 0. The fourth-order valence-corrected chi connectivity index (χ4v) is 6.48. The highest BCUT2D eigenvalue weighted by atomic mass is 32.2. The van der Waals surface area contributed by atoms with Gasteiger partial charge in [-0.05, 0) is 58.9 Å². The predicted molar refractivity (Wildman–Crippen MR) is 185 cm³/mol. The van der Waals surface area contributed by atoms with Gasteiger partial charge < -0.3 is 19.9 Å². The Balaban J connectivity index is 1.18. The minimum Gasteiger partial charge on any atom is -0.392 e. The highest BCUT2D eigenvalue weighted by molar-refractivity contribution is 7.99. The number of pyridine rings is 1. The minimum atomic E-state index is -0.536. The largest absolute Gasteiger partial charge is 0.392 e. The molecule has 1 aliphatic rings. The lowest BCUT2D eigenvalue weighted by atomic mass is 9.99. The minimum absolute atomic E-state index is 0.00257. The number of thioether (sulfide) groups is 1. The number of hydrogen-bond donors (Lipinski definition) is 4. The van der Waals surface area contributed by atoms with E-state index >= 15 is 0 Å². The molecule has 0 bridgehead atoms. The monoisotopic (exact) mass is 669 g/mol. The van der Waals surface area contributed by atoms with E-state index in [0.717, 1.165) is 63.4 Å². The summed E-state index contributed by atoms with van der Waals surface area (Å²) in [5.41, 5.74) is 7.61. The number of hydroxylamine groups is 1. The second-order valence-corrected chi connectivity index (χ2v) is 12.9. The van der Waals surface area contributed by atoms with Crippen molar-refractivity contribution in [3.05, 3.63) is 119 Å². The van der Waals surface area contributed by atoms with Crippen molar-refractivity contribution in [3.63, 3.8) is 0 Å². The van der Waals surface area contributed by atoms with Gasteiger partial charge in [0.25, 0.3) is 0 Å². The van der Waals surface area contributed by atoms with Crippen LogP contribution in [0.4, 0.5) is 0 Å². The van der Waals surface area contributed by atoms with Crippen molar-refractivity contribution in [1.29, 1.82) is 0 Å². The van der Waals surface area contributed by atoms with Gasteiger partial charge in [0, 0.05) is 43.3 Å². The average molecular weight is 670 g/mol. The van der Waals surface area contributed by atoms with Crippen LogP contribution in [-0.2, 0) is 32.2 Å². The molecule has 0 saturated carbocycles. The summed E-state index contributed by atoms with van der Waals surface area (Å²) >= 11 is 1.67. The van der Waals surface area contributed by atoms with Crippen LogP contribution >= 0.6 is 11.8 Å². The molecule has 1 aliphatic heterocycles. The zero-order chi connectivity index (χ0) is 33.6. The van der Waals surface area contributed by atoms with Gasteiger partial charge in [0.15, 0.2) is 6.29 Å². The maximum atomic E-state index is 12.4. The fraction of sp³-hybridized carbons (Fsp3) is 0.342. The Labute approximate surface area is 286 Å². The van der Waals surface area contributed by atoms with E-state index in [9.17, 15) is 14.7 Å². The van der Waals surface area contributed by atoms with E-state index in [0.29, 0.717) is 32.2 Å². The quantitative estimate of drug-likeness (QED) is 0.0433. The molecule has 252 valence electrons. The van der Waals surface area contributed by atoms with Gasteiger partial charge in [-0.15, -0.1) is 11.8 Å². The van der Waals surface area contributed by atoms with E-state index in [1.165, 1.54) is 0 Å². The summed E-state index contributed by atoms with van der Waals surface area (Å²) < 4.78 is 13.0. The summed E-state index contributed by atoms with van der Waals surface area (Å²) in [4.78, 5) is 27.9. The molecule has 2 heterocycles. The zero-order valence-electron chi connectivity index (χ0n) is 26.9. The average Bonchev–Trinajstić information content (AvgIpc) is 3.15. The molecule has 5 rings (SSSR count). The number of aliphatic hydroxyl groups is 1. The molecule has 48 heavy (non-hydrogen) atoms. The summed E-state index contributed by atoms with van der Waals surface area (Å²) in [6.45, 7) is 0.451. The van der Waals surface area contributed by atoms with Gasteiger partial charge in [0.2, 0.25) is 11.8 Å². The number of amides is 2. The first-order chi connectivity index (χ1) is 23.5. The molecule has 4 N–H and O–H groups in total. The molecule has 1 aromatic heterocycles. The van der Waals surface area contributed by atoms with E-state index in [4.69, 9.17) is 14.7 Å². The molecule has 0 aliphatic carbocycles. The molecule has 4 aromatic rings. The second-order valence-electron chi connectivity index (χ2n) is 11.9. The van der Waals surface area contributed by atoms with Crippen molar-refractivity contribution >= 4 is 23.6 Å². The van der Waals surface area contributed by atoms with E-state index in [-0.39, 0.29) is 30.6 Å². The van der Waals surface area contributed by atoms with Gasteiger partial charge in [-0.2, -0.15) is 0 Å². The molecule has 10 heteroatoms. The Bertz CT molecular complexity index is 1590. The first-order valence-electron chi connectivity index (χ1n) is 16.4. The van der Waals surface area contributed by atoms with Gasteiger partial charge >= 0.3 is 0 Å². The van der Waals surface area contributed by atoms with E-state index < -0.39 is 6.29 Å². The maximum Gasteiger partial charge on any atom is 0.243 e. The van der Waals surface area contributed by atoms with Gasteiger partial charge in [-0.25, -0.2) is 10.5 Å². The van der Waals surface area contributed by atoms with Crippen molar-refractivity contribution in [2.45, 2.75) is 81.6 Å². The van der Waals surface area contributed by atoms with Crippen LogP contribution in [-0.4, -0.2) is 39.0 Å². The molecular formula is C38H43N3O6S. The normalized spacial score (nSPS) is 17.5. The van der Waals surface area contributed by atoms with Crippen LogP contribution in [0.1, 0.15) is 79.6 Å². The van der Waals surface area contributed by atoms with E-state index in [1.54, 1.807) is 23.4 Å². The second kappa shape index (κ2) is 18.5. The summed E-state index contributed by atoms with van der Waals surface area (Å²) in [6, 6.07) is 30.2. The Morgan fingerprint density at radius 3 is 2.25 bits per heavy atom. The van der Waals surface area contributed by atoms with Gasteiger partial charge in [0.05, 0.1) is 23.8 Å². The highest BCUT2D eigenvalue weighted by Gasteiger charge is 2.32. The van der Waals surface area contributed by atoms with Crippen LogP contribution in [0, 0.1) is 0 Å². The van der Waals surface area contributed by atoms with E-state index in [1.807, 2.05) is 66.7 Å². The number of ether oxygens (including phenoxy) is 2. The molecule has 0 radical (unpaired) electrons. The number of aromatic nitrogens is 1. The molecule has 2 amide bonds. The number of benzene rings is 3. The Morgan fingerprint density at radius 1 is 0.792 bits per heavy atom. The topological polar surface area (TPSA) is 130 Å². The maximum absolute atomic E-state index is 12.4. The number of hydrogen-bond acceptors (Lipinski definition) is 8. The lowest BCUT2D eigenvalue weighted by Gasteiger charge is -2.36. The molecular weight excluding hydrogens is 627 g/mol. The molecule has 3 atom stereocenters. The number of carbonyl (C=O) groups is 2. The summed E-state index contributed by atoms with van der Waals surface area (Å²) in [5.74, 6) is 0.370. The Kier molecular flexibility index (Phi) is 13.6. The van der Waals surface area contributed by atoms with Crippen molar-refractivity contribution in [3.8, 4) is 11.1 Å². The van der Waals surface area contributed by atoms with Crippen molar-refractivity contribution in [1.82, 2.24) is 15.8 Å². The SMILES string of the molecule is O=C(CCCCCCC(=O)NCc1cccc(-c2ccc(C3OC(CSc4ccccn4)CC(c4ccc(CO)cc4)O3)cc2)c1)NO. The third kappa shape index (κ3) is 10.7. The Hall–Kier alpha value is -4.06. The third-order valence-electron chi connectivity index (χ3n) is 8.29. The standard InChI is InChI=1S/C38H43N3O6S/c42-25-27-13-15-30(16-14-27)34-23-33(26-48-37-12-5-6-21-39-37)46-38(47-34)31-19-17-29(18-20-31)32-9-7-8-28(22-32)24-40-35(43)10-3-1-2-4-11-36(44)41-45/h5-9,12-22,33-34,38,42,45H,1-4,10-11,23-26H2,(H,40,43)(H,41,44). The van der Waals surface area contributed by atoms with E-state index in [2.05, 4.69) is 34.6 Å². The highest BCUT2D eigenvalue weighted by Crippen LogP contribution is 2.39. The lowest BCUT2D eigenvalue weighted by Crippen LogP contribution is -2.31. The third-order valence-corrected chi connectivity index (χ3v) is 9.36. The molecule has 1 saturated heterocycles. The van der Waals surface area contributed by atoms with Crippen LogP contribution < -0.4 is 10.8 Å². The molecule has 1 fully saturated rings. The number of aliphatic hydroxyl groups excluding tert-OH is 1. The zero-order valence-corrected chi connectivity index (χ0v) is 27.7. The number of carbonyl (C=O) groups excluding carboxylic acids is 2. The van der Waals surface area contributed by atoms with Crippen molar-refractivity contribution in [2.75, 3.05) is 5.75 Å². The first-order valence-corrected chi connectivity index (χ1v) is 17.4. The van der Waals surface area contributed by atoms with Gasteiger partial charge in [-0.3, -0.25) is 14.8 Å².